The summed E-state index contributed by atoms with van der Waals surface area (Å²) in [6.45, 7) is 6.25. The number of hydrogen-bond donors (Lipinski definition) is 4. The first-order valence-corrected chi connectivity index (χ1v) is 4.66. The zero-order valence-corrected chi connectivity index (χ0v) is 8.77. The molecular weight excluding hydrogens is 184 g/mol. The molecule has 0 aromatic carbocycles. The van der Waals surface area contributed by atoms with E-state index in [4.69, 9.17) is 10.2 Å². The molecule has 14 heavy (non-hydrogen) atoms. The lowest BCUT2D eigenvalue weighted by Gasteiger charge is -2.25. The Balaban J connectivity index is 3.89. The highest BCUT2D eigenvalue weighted by molar-refractivity contribution is 5.02. The molecule has 0 bridgehead atoms. The fourth-order valence-corrected chi connectivity index (χ4v) is 0.971. The summed E-state index contributed by atoms with van der Waals surface area (Å²) in [7, 11) is 0. The lowest BCUT2D eigenvalue weighted by Crippen LogP contribution is -2.36. The predicted octanol–water partition coefficient (Wildman–Crippen LogP) is -0.192. The molecule has 0 heterocycles. The molecule has 4 heteroatoms. The molecule has 0 aliphatic rings. The number of rotatable bonds is 6. The zero-order valence-electron chi connectivity index (χ0n) is 8.77. The highest BCUT2D eigenvalue weighted by atomic mass is 16.3. The van der Waals surface area contributed by atoms with Gasteiger partial charge in [0.15, 0.2) is 0 Å². The molecular formula is C10H20O4. The lowest BCUT2D eigenvalue weighted by atomic mass is 9.95. The second kappa shape index (κ2) is 5.46. The standard InChI is InChI=1S/C10H20O4/c1-7(8(12)6-11)4-5-9(13)10(2,3)14/h8-9,11-14H,1,4-6H2,2-3H3/t8-,9+/m1/s1. The summed E-state index contributed by atoms with van der Waals surface area (Å²) in [5, 5.41) is 36.6. The highest BCUT2D eigenvalue weighted by Crippen LogP contribution is 2.17. The van der Waals surface area contributed by atoms with Crippen LogP contribution < -0.4 is 0 Å². The van der Waals surface area contributed by atoms with Gasteiger partial charge in [0.1, 0.15) is 0 Å². The molecule has 0 amide bonds. The Labute approximate surface area is 84.5 Å². The number of aliphatic hydroxyl groups is 4. The van der Waals surface area contributed by atoms with Crippen molar-refractivity contribution in [1.29, 1.82) is 0 Å². The Morgan fingerprint density at radius 2 is 1.86 bits per heavy atom. The van der Waals surface area contributed by atoms with E-state index in [2.05, 4.69) is 6.58 Å². The minimum absolute atomic E-state index is 0.319. The first-order valence-electron chi connectivity index (χ1n) is 4.66. The SMILES string of the molecule is C=C(CC[C@H](O)C(C)(C)O)[C@H](O)CO. The fourth-order valence-electron chi connectivity index (χ4n) is 0.971. The topological polar surface area (TPSA) is 80.9 Å². The van der Waals surface area contributed by atoms with Gasteiger partial charge in [-0.2, -0.15) is 0 Å². The summed E-state index contributed by atoms with van der Waals surface area (Å²) in [5.41, 5.74) is -0.680. The van der Waals surface area contributed by atoms with Crippen LogP contribution in [0.25, 0.3) is 0 Å². The summed E-state index contributed by atoms with van der Waals surface area (Å²) < 4.78 is 0. The first kappa shape index (κ1) is 13.6. The van der Waals surface area contributed by atoms with E-state index in [0.717, 1.165) is 0 Å². The van der Waals surface area contributed by atoms with E-state index in [1.54, 1.807) is 0 Å². The minimum Gasteiger partial charge on any atom is -0.393 e. The third kappa shape index (κ3) is 4.72. The van der Waals surface area contributed by atoms with Gasteiger partial charge in [-0.15, -0.1) is 0 Å². The van der Waals surface area contributed by atoms with Crippen molar-refractivity contribution in [3.8, 4) is 0 Å². The van der Waals surface area contributed by atoms with Crippen LogP contribution in [0, 0.1) is 0 Å². The van der Waals surface area contributed by atoms with Gasteiger partial charge in [0, 0.05) is 0 Å². The first-order chi connectivity index (χ1) is 6.29. The maximum absolute atomic E-state index is 9.45. The van der Waals surface area contributed by atoms with Crippen LogP contribution in [0.2, 0.25) is 0 Å². The summed E-state index contributed by atoms with van der Waals surface area (Å²) >= 11 is 0. The van der Waals surface area contributed by atoms with Gasteiger partial charge in [-0.05, 0) is 32.3 Å². The van der Waals surface area contributed by atoms with Crippen LogP contribution in [0.1, 0.15) is 26.7 Å². The van der Waals surface area contributed by atoms with Gasteiger partial charge in [0.25, 0.3) is 0 Å². The molecule has 0 aliphatic carbocycles. The van der Waals surface area contributed by atoms with Gasteiger partial charge < -0.3 is 20.4 Å². The van der Waals surface area contributed by atoms with Gasteiger partial charge >= 0.3 is 0 Å². The molecule has 0 saturated carbocycles. The van der Waals surface area contributed by atoms with Gasteiger partial charge in [0.2, 0.25) is 0 Å². The fraction of sp³-hybridized carbons (Fsp3) is 0.800. The molecule has 0 saturated heterocycles. The molecule has 0 aliphatic heterocycles. The second-order valence-corrected chi connectivity index (χ2v) is 4.06. The van der Waals surface area contributed by atoms with E-state index in [0.29, 0.717) is 18.4 Å². The molecule has 0 unspecified atom stereocenters. The van der Waals surface area contributed by atoms with Crippen LogP contribution in [0.15, 0.2) is 12.2 Å². The summed E-state index contributed by atoms with van der Waals surface area (Å²) in [4.78, 5) is 0. The van der Waals surface area contributed by atoms with Crippen LogP contribution in [0.5, 0.6) is 0 Å². The lowest BCUT2D eigenvalue weighted by molar-refractivity contribution is -0.0515. The van der Waals surface area contributed by atoms with Crippen LogP contribution >= 0.6 is 0 Å². The Morgan fingerprint density at radius 1 is 1.36 bits per heavy atom. The van der Waals surface area contributed by atoms with Crippen molar-refractivity contribution in [2.24, 2.45) is 0 Å². The average Bonchev–Trinajstić information content (AvgIpc) is 2.10. The maximum atomic E-state index is 9.45. The van der Waals surface area contributed by atoms with E-state index in [1.165, 1.54) is 13.8 Å². The van der Waals surface area contributed by atoms with Crippen molar-refractivity contribution in [2.75, 3.05) is 6.61 Å². The smallest absolute Gasteiger partial charge is 0.0978 e. The third-order valence-corrected chi connectivity index (χ3v) is 2.20. The largest absolute Gasteiger partial charge is 0.393 e. The average molecular weight is 204 g/mol. The molecule has 84 valence electrons. The normalized spacial score (nSPS) is 16.4. The minimum atomic E-state index is -1.15. The molecule has 2 atom stereocenters. The number of aliphatic hydroxyl groups excluding tert-OH is 3. The molecule has 0 radical (unpaired) electrons. The zero-order chi connectivity index (χ0) is 11.4. The van der Waals surface area contributed by atoms with Crippen molar-refractivity contribution >= 4 is 0 Å². The van der Waals surface area contributed by atoms with Crippen molar-refractivity contribution in [3.05, 3.63) is 12.2 Å². The molecule has 4 N–H and O–H groups in total. The summed E-state index contributed by atoms with van der Waals surface area (Å²) in [6.07, 6.45) is -1.10. The monoisotopic (exact) mass is 204 g/mol. The molecule has 0 aromatic heterocycles. The summed E-state index contributed by atoms with van der Waals surface area (Å²) in [6, 6.07) is 0. The Kier molecular flexibility index (Phi) is 5.29. The molecule has 0 spiro atoms. The van der Waals surface area contributed by atoms with Crippen molar-refractivity contribution in [2.45, 2.75) is 44.5 Å². The second-order valence-electron chi connectivity index (χ2n) is 4.06. The molecule has 0 fully saturated rings. The van der Waals surface area contributed by atoms with Crippen molar-refractivity contribution in [1.82, 2.24) is 0 Å². The molecule has 0 rings (SSSR count). The maximum Gasteiger partial charge on any atom is 0.0978 e. The van der Waals surface area contributed by atoms with E-state index < -0.39 is 17.8 Å². The third-order valence-electron chi connectivity index (χ3n) is 2.20. The van der Waals surface area contributed by atoms with Gasteiger partial charge in [-0.1, -0.05) is 6.58 Å². The van der Waals surface area contributed by atoms with Gasteiger partial charge in [0.05, 0.1) is 24.4 Å². The highest BCUT2D eigenvalue weighted by Gasteiger charge is 2.24. The predicted molar refractivity (Wildman–Crippen MR) is 53.8 cm³/mol. The molecule has 4 nitrogen and oxygen atoms in total. The summed E-state index contributed by atoms with van der Waals surface area (Å²) in [5.74, 6) is 0. The van der Waals surface area contributed by atoms with Crippen LogP contribution in [-0.2, 0) is 0 Å². The van der Waals surface area contributed by atoms with E-state index in [1.807, 2.05) is 0 Å². The van der Waals surface area contributed by atoms with E-state index >= 15 is 0 Å². The Bertz CT molecular complexity index is 183. The van der Waals surface area contributed by atoms with Gasteiger partial charge in [-0.3, -0.25) is 0 Å². The van der Waals surface area contributed by atoms with Gasteiger partial charge in [-0.25, -0.2) is 0 Å². The Hall–Kier alpha value is -0.420. The van der Waals surface area contributed by atoms with E-state index in [9.17, 15) is 10.2 Å². The molecule has 0 aromatic rings. The van der Waals surface area contributed by atoms with Crippen molar-refractivity contribution in [3.63, 3.8) is 0 Å². The quantitative estimate of drug-likeness (QED) is 0.452. The van der Waals surface area contributed by atoms with Crippen LogP contribution in [-0.4, -0.2) is 44.8 Å². The van der Waals surface area contributed by atoms with Crippen LogP contribution in [0.4, 0.5) is 0 Å². The van der Waals surface area contributed by atoms with Crippen LogP contribution in [0.3, 0.4) is 0 Å². The van der Waals surface area contributed by atoms with Crippen molar-refractivity contribution < 1.29 is 20.4 Å². The van der Waals surface area contributed by atoms with E-state index in [-0.39, 0.29) is 6.61 Å². The number of hydrogen-bond acceptors (Lipinski definition) is 4. The Morgan fingerprint density at radius 3 is 2.21 bits per heavy atom.